The van der Waals surface area contributed by atoms with Crippen molar-refractivity contribution in [2.24, 2.45) is 4.99 Å². The van der Waals surface area contributed by atoms with Gasteiger partial charge in [-0.2, -0.15) is 0 Å². The van der Waals surface area contributed by atoms with Gasteiger partial charge in [0.1, 0.15) is 0 Å². The van der Waals surface area contributed by atoms with Crippen LogP contribution in [-0.2, 0) is 0 Å². The minimum atomic E-state index is -1.16. The molecule has 86 valence electrons. The fraction of sp³-hybridized carbons (Fsp3) is 0.462. The summed E-state index contributed by atoms with van der Waals surface area (Å²) in [6.07, 6.45) is 3.28. The van der Waals surface area contributed by atoms with Crippen LogP contribution in [0.4, 0.5) is 5.69 Å². The highest BCUT2D eigenvalue weighted by Gasteiger charge is 2.33. The van der Waals surface area contributed by atoms with E-state index in [1.165, 1.54) is 16.3 Å². The third kappa shape index (κ3) is 2.25. The number of rotatable bonds is 1. The lowest BCUT2D eigenvalue weighted by molar-refractivity contribution is 0.928. The Morgan fingerprint density at radius 3 is 2.56 bits per heavy atom. The molecule has 0 saturated carbocycles. The van der Waals surface area contributed by atoms with E-state index >= 15 is 0 Å². The maximum absolute atomic E-state index is 4.73. The molecule has 0 amide bonds. The minimum Gasteiger partial charge on any atom is -0.246 e. The van der Waals surface area contributed by atoms with Crippen LogP contribution in [-0.4, -0.2) is 19.4 Å². The summed E-state index contributed by atoms with van der Waals surface area (Å²) in [5.74, 6) is 0. The average molecular weight is 249 g/mol. The Balaban J connectivity index is 2.49. The zero-order chi connectivity index (χ0) is 11.8. The molecule has 1 heterocycles. The van der Waals surface area contributed by atoms with Crippen molar-refractivity contribution in [3.63, 3.8) is 0 Å². The highest BCUT2D eigenvalue weighted by molar-refractivity contribution is 8.13. The molecule has 2 rings (SSSR count). The Labute approximate surface area is 103 Å². The SMILES string of the molecule is CSC1=Nc2ccccc2C([Si](C)(C)C)C1. The Bertz CT molecular complexity index is 420. The molecule has 1 nitrogen and oxygen atoms in total. The predicted octanol–water partition coefficient (Wildman–Crippen LogP) is 4.44. The molecule has 1 aliphatic rings. The zero-order valence-electron chi connectivity index (χ0n) is 10.4. The van der Waals surface area contributed by atoms with Gasteiger partial charge >= 0.3 is 0 Å². The van der Waals surface area contributed by atoms with Crippen LogP contribution in [0.15, 0.2) is 29.3 Å². The number of thioether (sulfide) groups is 1. The monoisotopic (exact) mass is 249 g/mol. The fourth-order valence-corrected chi connectivity index (χ4v) is 4.90. The zero-order valence-corrected chi connectivity index (χ0v) is 12.3. The number of hydrogen-bond acceptors (Lipinski definition) is 2. The van der Waals surface area contributed by atoms with Gasteiger partial charge in [-0.05, 0) is 23.4 Å². The van der Waals surface area contributed by atoms with Crippen LogP contribution in [0.2, 0.25) is 19.6 Å². The van der Waals surface area contributed by atoms with E-state index in [2.05, 4.69) is 50.2 Å². The van der Waals surface area contributed by atoms with Crippen LogP contribution in [0.5, 0.6) is 0 Å². The van der Waals surface area contributed by atoms with Crippen molar-refractivity contribution in [1.29, 1.82) is 0 Å². The summed E-state index contributed by atoms with van der Waals surface area (Å²) in [5.41, 5.74) is 3.40. The van der Waals surface area contributed by atoms with Gasteiger partial charge in [0.05, 0.1) is 18.8 Å². The van der Waals surface area contributed by atoms with E-state index in [1.54, 1.807) is 11.8 Å². The van der Waals surface area contributed by atoms with Gasteiger partial charge in [0.15, 0.2) is 0 Å². The lowest BCUT2D eigenvalue weighted by atomic mass is 10.1. The summed E-state index contributed by atoms with van der Waals surface area (Å²) in [5, 5.41) is 1.30. The highest BCUT2D eigenvalue weighted by Crippen LogP contribution is 2.41. The third-order valence-corrected chi connectivity index (χ3v) is 6.55. The summed E-state index contributed by atoms with van der Waals surface area (Å²) in [6.45, 7) is 7.37. The second kappa shape index (κ2) is 4.38. The smallest absolute Gasteiger partial charge is 0.0739 e. The Morgan fingerprint density at radius 1 is 1.25 bits per heavy atom. The van der Waals surface area contributed by atoms with Crippen molar-refractivity contribution in [2.45, 2.75) is 31.6 Å². The van der Waals surface area contributed by atoms with Gasteiger partial charge < -0.3 is 0 Å². The van der Waals surface area contributed by atoms with Gasteiger partial charge in [-0.1, -0.05) is 37.8 Å². The second-order valence-corrected chi connectivity index (χ2v) is 11.7. The van der Waals surface area contributed by atoms with Crippen LogP contribution in [0.25, 0.3) is 0 Å². The first-order valence-corrected chi connectivity index (χ1v) is 10.5. The number of benzene rings is 1. The van der Waals surface area contributed by atoms with Gasteiger partial charge in [-0.3, -0.25) is 0 Å². The maximum atomic E-state index is 4.73. The van der Waals surface area contributed by atoms with Crippen LogP contribution < -0.4 is 0 Å². The average Bonchev–Trinajstić information content (AvgIpc) is 2.26. The molecular weight excluding hydrogens is 230 g/mol. The van der Waals surface area contributed by atoms with E-state index in [0.29, 0.717) is 0 Å². The maximum Gasteiger partial charge on any atom is 0.0739 e. The topological polar surface area (TPSA) is 12.4 Å². The molecule has 1 aliphatic heterocycles. The van der Waals surface area contributed by atoms with Gasteiger partial charge in [-0.25, -0.2) is 4.99 Å². The molecule has 0 N–H and O–H groups in total. The molecule has 1 atom stereocenters. The van der Waals surface area contributed by atoms with Gasteiger partial charge in [0.25, 0.3) is 0 Å². The van der Waals surface area contributed by atoms with Crippen LogP contribution in [0, 0.1) is 0 Å². The Kier molecular flexibility index (Phi) is 3.26. The minimum absolute atomic E-state index is 0.726. The summed E-state index contributed by atoms with van der Waals surface area (Å²) in [4.78, 5) is 4.73. The molecule has 1 aromatic rings. The van der Waals surface area contributed by atoms with Crippen molar-refractivity contribution in [1.82, 2.24) is 0 Å². The summed E-state index contributed by atoms with van der Waals surface area (Å²) < 4.78 is 0. The molecule has 0 aliphatic carbocycles. The van der Waals surface area contributed by atoms with Gasteiger partial charge in [-0.15, -0.1) is 11.8 Å². The number of para-hydroxylation sites is 1. The first-order valence-electron chi connectivity index (χ1n) is 5.73. The highest BCUT2D eigenvalue weighted by atomic mass is 32.2. The lowest BCUT2D eigenvalue weighted by Gasteiger charge is -2.33. The molecule has 0 radical (unpaired) electrons. The molecule has 0 aromatic heterocycles. The third-order valence-electron chi connectivity index (χ3n) is 3.22. The summed E-state index contributed by atoms with van der Waals surface area (Å²) in [6, 6.07) is 8.65. The molecule has 0 spiro atoms. The number of nitrogens with zero attached hydrogens (tertiary/aromatic N) is 1. The standard InChI is InChI=1S/C13H19NSSi/c1-15-13-9-12(16(2,3)4)10-7-5-6-8-11(10)14-13/h5-8,12H,9H2,1-4H3. The normalized spacial score (nSPS) is 20.2. The van der Waals surface area contributed by atoms with Crippen molar-refractivity contribution in [2.75, 3.05) is 6.26 Å². The van der Waals surface area contributed by atoms with Crippen LogP contribution in [0.3, 0.4) is 0 Å². The predicted molar refractivity (Wildman–Crippen MR) is 77.8 cm³/mol. The Morgan fingerprint density at radius 2 is 1.94 bits per heavy atom. The van der Waals surface area contributed by atoms with E-state index in [4.69, 9.17) is 4.99 Å². The van der Waals surface area contributed by atoms with Crippen LogP contribution in [0.1, 0.15) is 17.5 Å². The molecule has 3 heteroatoms. The van der Waals surface area contributed by atoms with Gasteiger partial charge in [0, 0.05) is 6.42 Å². The van der Waals surface area contributed by atoms with E-state index in [-0.39, 0.29) is 0 Å². The van der Waals surface area contributed by atoms with Gasteiger partial charge in [0.2, 0.25) is 0 Å². The van der Waals surface area contributed by atoms with E-state index in [9.17, 15) is 0 Å². The molecule has 1 unspecified atom stereocenters. The van der Waals surface area contributed by atoms with Crippen LogP contribution >= 0.6 is 11.8 Å². The Hall–Kier alpha value is -0.543. The van der Waals surface area contributed by atoms with Crippen molar-refractivity contribution in [3.05, 3.63) is 29.8 Å². The molecule has 1 aromatic carbocycles. The first kappa shape index (κ1) is 11.9. The largest absolute Gasteiger partial charge is 0.246 e. The summed E-state index contributed by atoms with van der Waals surface area (Å²) in [7, 11) is -1.16. The molecular formula is C13H19NSSi. The van der Waals surface area contributed by atoms with E-state index in [0.717, 1.165) is 12.0 Å². The number of aliphatic imine (C=N–C) groups is 1. The van der Waals surface area contributed by atoms with Crippen molar-refractivity contribution in [3.8, 4) is 0 Å². The molecule has 0 fully saturated rings. The van der Waals surface area contributed by atoms with E-state index < -0.39 is 8.07 Å². The molecule has 16 heavy (non-hydrogen) atoms. The molecule has 0 bridgehead atoms. The number of fused-ring (bicyclic) bond motifs is 1. The molecule has 0 saturated heterocycles. The van der Waals surface area contributed by atoms with Crippen molar-refractivity contribution >= 4 is 30.6 Å². The van der Waals surface area contributed by atoms with Crippen molar-refractivity contribution < 1.29 is 0 Å². The van der Waals surface area contributed by atoms with E-state index in [1.807, 2.05) is 0 Å². The lowest BCUT2D eigenvalue weighted by Crippen LogP contribution is -2.33. The second-order valence-electron chi connectivity index (χ2n) is 5.39. The quantitative estimate of drug-likeness (QED) is 0.670. The number of hydrogen-bond donors (Lipinski definition) is 0. The fourth-order valence-electron chi connectivity index (χ4n) is 2.25. The summed E-state index contributed by atoms with van der Waals surface area (Å²) >= 11 is 1.80. The first-order chi connectivity index (χ1) is 7.52.